The van der Waals surface area contributed by atoms with Gasteiger partial charge in [-0.25, -0.2) is 0 Å². The highest BCUT2D eigenvalue weighted by Gasteiger charge is 2.34. The number of nitrogens with one attached hydrogen (secondary N) is 1. The van der Waals surface area contributed by atoms with E-state index in [1.807, 2.05) is 60.7 Å². The second-order valence-electron chi connectivity index (χ2n) is 11.4. The van der Waals surface area contributed by atoms with Crippen molar-refractivity contribution in [1.82, 2.24) is 20.4 Å². The molecule has 49 heavy (non-hydrogen) atoms. The second kappa shape index (κ2) is 17.9. The molecule has 0 atom stereocenters. The summed E-state index contributed by atoms with van der Waals surface area (Å²) in [5.74, 6) is 1.16. The first-order valence-corrected chi connectivity index (χ1v) is 16.0. The Kier molecular flexibility index (Phi) is 13.6. The van der Waals surface area contributed by atoms with E-state index in [1.54, 1.807) is 13.0 Å². The van der Waals surface area contributed by atoms with Crippen molar-refractivity contribution in [2.75, 3.05) is 19.7 Å². The maximum atomic E-state index is 13.7. The van der Waals surface area contributed by atoms with Crippen LogP contribution in [0.4, 0.5) is 13.2 Å². The zero-order chi connectivity index (χ0) is 33.9. The van der Waals surface area contributed by atoms with Gasteiger partial charge in [0.2, 0.25) is 17.7 Å². The van der Waals surface area contributed by atoms with E-state index in [-0.39, 0.29) is 48.8 Å². The molecule has 5 aromatic rings. The number of hydrogen-bond acceptors (Lipinski definition) is 6. The zero-order valence-corrected chi connectivity index (χ0v) is 28.4. The molecule has 0 aliphatic carbocycles. The van der Waals surface area contributed by atoms with Crippen molar-refractivity contribution in [1.29, 1.82) is 0 Å². The van der Waals surface area contributed by atoms with Crippen molar-refractivity contribution < 1.29 is 27.1 Å². The Morgan fingerprint density at radius 1 is 0.939 bits per heavy atom. The Labute approximate surface area is 294 Å². The minimum Gasteiger partial charge on any atom is -0.494 e. The fraction of sp³-hybridized carbons (Fsp3) is 0.270. The molecule has 0 aliphatic heterocycles. The van der Waals surface area contributed by atoms with Gasteiger partial charge >= 0.3 is 6.18 Å². The van der Waals surface area contributed by atoms with E-state index in [2.05, 4.69) is 44.7 Å². The van der Waals surface area contributed by atoms with Crippen LogP contribution in [0.25, 0.3) is 0 Å². The van der Waals surface area contributed by atoms with Crippen LogP contribution in [0.1, 0.15) is 51.9 Å². The SMILES string of the molecule is Cc1nnc(CNC(=O)Cc2cccc(OCCCN(Cc3cccc(C(F)(F)F)c3Cl)CC(c3ccccc3)c3ccccc3)c2)o1.Cl. The van der Waals surface area contributed by atoms with E-state index >= 15 is 0 Å². The zero-order valence-electron chi connectivity index (χ0n) is 26.8. The molecule has 0 saturated carbocycles. The molecule has 0 bridgehead atoms. The lowest BCUT2D eigenvalue weighted by atomic mass is 9.90. The predicted molar refractivity (Wildman–Crippen MR) is 185 cm³/mol. The Hall–Kier alpha value is -4.38. The van der Waals surface area contributed by atoms with Crippen LogP contribution in [-0.4, -0.2) is 40.7 Å². The van der Waals surface area contributed by atoms with E-state index in [0.717, 1.165) is 22.8 Å². The van der Waals surface area contributed by atoms with Gasteiger partial charge in [0.25, 0.3) is 0 Å². The number of halogens is 5. The summed E-state index contributed by atoms with van der Waals surface area (Å²) in [5, 5.41) is 10.1. The minimum atomic E-state index is -4.55. The number of aromatic nitrogens is 2. The summed E-state index contributed by atoms with van der Waals surface area (Å²) < 4.78 is 52.4. The van der Waals surface area contributed by atoms with Crippen LogP contribution in [0.5, 0.6) is 5.75 Å². The van der Waals surface area contributed by atoms with Crippen molar-refractivity contribution in [2.45, 2.75) is 44.9 Å². The maximum absolute atomic E-state index is 13.7. The normalized spacial score (nSPS) is 11.4. The lowest BCUT2D eigenvalue weighted by molar-refractivity contribution is -0.137. The number of alkyl halides is 3. The number of benzene rings is 4. The minimum absolute atomic E-state index is 0. The lowest BCUT2D eigenvalue weighted by Gasteiger charge is -2.29. The summed E-state index contributed by atoms with van der Waals surface area (Å²) in [6, 6.07) is 31.5. The molecular weight excluding hydrogens is 676 g/mol. The van der Waals surface area contributed by atoms with Gasteiger partial charge in [-0.3, -0.25) is 9.69 Å². The number of nitrogens with zero attached hydrogens (tertiary/aromatic N) is 3. The highest BCUT2D eigenvalue weighted by molar-refractivity contribution is 6.32. The molecule has 12 heteroatoms. The van der Waals surface area contributed by atoms with Crippen LogP contribution in [0.15, 0.2) is 108 Å². The molecule has 7 nitrogen and oxygen atoms in total. The summed E-state index contributed by atoms with van der Waals surface area (Å²) >= 11 is 6.34. The Morgan fingerprint density at radius 3 is 2.24 bits per heavy atom. The number of ether oxygens (including phenoxy) is 1. The van der Waals surface area contributed by atoms with Gasteiger partial charge in [0.05, 0.1) is 30.2 Å². The molecule has 1 N–H and O–H groups in total. The second-order valence-corrected chi connectivity index (χ2v) is 11.8. The quantitative estimate of drug-likeness (QED) is 0.110. The van der Waals surface area contributed by atoms with E-state index in [1.165, 1.54) is 6.07 Å². The molecule has 0 unspecified atom stereocenters. The molecule has 4 aromatic carbocycles. The van der Waals surface area contributed by atoms with Crippen molar-refractivity contribution in [2.24, 2.45) is 0 Å². The molecular formula is C37H37Cl2F3N4O3. The average Bonchev–Trinajstić information content (AvgIpc) is 3.50. The molecule has 0 aliphatic rings. The molecule has 0 spiro atoms. The Bertz CT molecular complexity index is 1730. The third kappa shape index (κ3) is 11.1. The number of rotatable bonds is 15. The highest BCUT2D eigenvalue weighted by atomic mass is 35.5. The topological polar surface area (TPSA) is 80.5 Å². The summed E-state index contributed by atoms with van der Waals surface area (Å²) in [5.41, 5.74) is 2.56. The summed E-state index contributed by atoms with van der Waals surface area (Å²) in [4.78, 5) is 14.6. The third-order valence-corrected chi connectivity index (χ3v) is 8.22. The molecule has 1 amide bonds. The lowest BCUT2D eigenvalue weighted by Crippen LogP contribution is -2.31. The van der Waals surface area contributed by atoms with Crippen LogP contribution >= 0.6 is 24.0 Å². The predicted octanol–water partition coefficient (Wildman–Crippen LogP) is 8.43. The summed E-state index contributed by atoms with van der Waals surface area (Å²) in [6.07, 6.45) is -3.80. The summed E-state index contributed by atoms with van der Waals surface area (Å²) in [6.45, 7) is 3.51. The molecule has 0 radical (unpaired) electrons. The molecule has 1 heterocycles. The van der Waals surface area contributed by atoms with E-state index in [9.17, 15) is 18.0 Å². The number of amides is 1. The largest absolute Gasteiger partial charge is 0.494 e. The smallest absolute Gasteiger partial charge is 0.417 e. The van der Waals surface area contributed by atoms with Crippen LogP contribution in [0.2, 0.25) is 5.02 Å². The molecule has 0 saturated heterocycles. The van der Waals surface area contributed by atoms with Gasteiger partial charge in [-0.15, -0.1) is 22.6 Å². The van der Waals surface area contributed by atoms with Crippen LogP contribution < -0.4 is 10.1 Å². The van der Waals surface area contributed by atoms with Gasteiger partial charge in [0, 0.05) is 32.5 Å². The molecule has 0 fully saturated rings. The average molecular weight is 714 g/mol. The fourth-order valence-electron chi connectivity index (χ4n) is 5.48. The molecule has 258 valence electrons. The fourth-order valence-corrected chi connectivity index (χ4v) is 5.78. The van der Waals surface area contributed by atoms with Gasteiger partial charge in [0.1, 0.15) is 5.75 Å². The monoisotopic (exact) mass is 712 g/mol. The Morgan fingerprint density at radius 2 is 1.61 bits per heavy atom. The maximum Gasteiger partial charge on any atom is 0.417 e. The van der Waals surface area contributed by atoms with Crippen molar-refractivity contribution in [3.63, 3.8) is 0 Å². The van der Waals surface area contributed by atoms with Crippen molar-refractivity contribution >= 4 is 29.9 Å². The van der Waals surface area contributed by atoms with Crippen LogP contribution in [0.3, 0.4) is 0 Å². The first kappa shape index (κ1) is 37.4. The van der Waals surface area contributed by atoms with Gasteiger partial charge in [-0.2, -0.15) is 13.2 Å². The van der Waals surface area contributed by atoms with Crippen molar-refractivity contribution in [3.05, 3.63) is 148 Å². The number of carbonyl (C=O) groups is 1. The van der Waals surface area contributed by atoms with Crippen molar-refractivity contribution in [3.8, 4) is 5.75 Å². The molecule has 5 rings (SSSR count). The van der Waals surface area contributed by atoms with E-state index < -0.39 is 11.7 Å². The van der Waals surface area contributed by atoms with Crippen LogP contribution in [-0.2, 0) is 30.5 Å². The standard InChI is InChI=1S/C37H36ClF3N4O3.ClH/c1-26-43-44-35(48-26)23-42-34(46)22-27-11-8-17-31(21-27)47-20-10-19-45(24-30-16-9-18-33(36(30)38)37(39,40)41)25-32(28-12-4-2-5-13-28)29-14-6-3-7-15-29;/h2-9,11-18,21,32H,10,19-20,22-25H2,1H3,(H,42,46);1H. The van der Waals surface area contributed by atoms with Crippen LogP contribution in [0, 0.1) is 6.92 Å². The van der Waals surface area contributed by atoms with E-state index in [0.29, 0.717) is 49.2 Å². The van der Waals surface area contributed by atoms with Gasteiger partial charge in [-0.05, 0) is 46.9 Å². The molecule has 1 aromatic heterocycles. The number of carbonyl (C=O) groups excluding carboxylic acids is 1. The Balaban J connectivity index is 0.00000541. The summed E-state index contributed by atoms with van der Waals surface area (Å²) in [7, 11) is 0. The highest BCUT2D eigenvalue weighted by Crippen LogP contribution is 2.37. The van der Waals surface area contributed by atoms with Gasteiger partial charge in [-0.1, -0.05) is 96.5 Å². The van der Waals surface area contributed by atoms with Gasteiger partial charge in [0.15, 0.2) is 0 Å². The first-order valence-electron chi connectivity index (χ1n) is 15.6. The number of hydrogen-bond donors (Lipinski definition) is 1. The van der Waals surface area contributed by atoms with Gasteiger partial charge < -0.3 is 14.5 Å². The number of aryl methyl sites for hydroxylation is 1. The first-order chi connectivity index (χ1) is 23.2. The van der Waals surface area contributed by atoms with E-state index in [4.69, 9.17) is 20.8 Å². The third-order valence-electron chi connectivity index (χ3n) is 7.78.